The Bertz CT molecular complexity index is 950. The van der Waals surface area contributed by atoms with Gasteiger partial charge in [-0.3, -0.25) is 0 Å². The van der Waals surface area contributed by atoms with E-state index in [1.807, 2.05) is 50.2 Å². The van der Waals surface area contributed by atoms with Crippen molar-refractivity contribution in [1.82, 2.24) is 0 Å². The molecule has 0 amide bonds. The summed E-state index contributed by atoms with van der Waals surface area (Å²) >= 11 is 2.27. The molecule has 2 aromatic rings. The van der Waals surface area contributed by atoms with Crippen molar-refractivity contribution in [2.24, 2.45) is 4.99 Å². The zero-order valence-electron chi connectivity index (χ0n) is 16.1. The number of rotatable bonds is 7. The van der Waals surface area contributed by atoms with Crippen LogP contribution in [0.3, 0.4) is 0 Å². The Labute approximate surface area is 178 Å². The average molecular weight is 491 g/mol. The van der Waals surface area contributed by atoms with E-state index in [0.29, 0.717) is 30.6 Å². The van der Waals surface area contributed by atoms with Crippen LogP contribution in [0.25, 0.3) is 6.08 Å². The summed E-state index contributed by atoms with van der Waals surface area (Å²) in [5.41, 5.74) is 2.95. The van der Waals surface area contributed by atoms with Crippen LogP contribution in [0.2, 0.25) is 0 Å². The fourth-order valence-corrected chi connectivity index (χ4v) is 3.02. The van der Waals surface area contributed by atoms with E-state index in [-0.39, 0.29) is 5.70 Å². The zero-order chi connectivity index (χ0) is 20.1. The quantitative estimate of drug-likeness (QED) is 0.306. The van der Waals surface area contributed by atoms with Gasteiger partial charge in [0.15, 0.2) is 17.2 Å². The standard InChI is InChI=1S/C22H22INO4/c1-4-10-27-19-9-6-15(13-20(19)26-5-2)12-18-22(25)28-21(24-18)16-7-8-17(23)14(3)11-16/h6-9,11-13H,4-5,10H2,1-3H3/b18-12-. The van der Waals surface area contributed by atoms with Crippen molar-refractivity contribution in [3.8, 4) is 11.5 Å². The number of aliphatic imine (C=N–C) groups is 1. The number of nitrogens with zero attached hydrogens (tertiary/aromatic N) is 1. The lowest BCUT2D eigenvalue weighted by atomic mass is 10.1. The molecule has 0 aromatic heterocycles. The molecular weight excluding hydrogens is 469 g/mol. The first-order valence-corrected chi connectivity index (χ1v) is 10.3. The summed E-state index contributed by atoms with van der Waals surface area (Å²) < 4.78 is 17.9. The van der Waals surface area contributed by atoms with E-state index in [1.165, 1.54) is 0 Å². The predicted octanol–water partition coefficient (Wildman–Crippen LogP) is 5.13. The van der Waals surface area contributed by atoms with Crippen LogP contribution in [0.4, 0.5) is 0 Å². The predicted molar refractivity (Wildman–Crippen MR) is 118 cm³/mol. The van der Waals surface area contributed by atoms with Gasteiger partial charge in [-0.25, -0.2) is 9.79 Å². The number of carbonyl (C=O) groups is 1. The molecule has 0 saturated carbocycles. The van der Waals surface area contributed by atoms with E-state index in [9.17, 15) is 4.79 Å². The SMILES string of the molecule is CCCOc1ccc(/C=C2\N=C(c3ccc(I)c(C)c3)OC2=O)cc1OCC. The van der Waals surface area contributed by atoms with Crippen molar-refractivity contribution < 1.29 is 19.0 Å². The number of hydrogen-bond acceptors (Lipinski definition) is 5. The van der Waals surface area contributed by atoms with Crippen LogP contribution < -0.4 is 9.47 Å². The number of esters is 1. The van der Waals surface area contributed by atoms with Crippen LogP contribution in [0.1, 0.15) is 37.0 Å². The summed E-state index contributed by atoms with van der Waals surface area (Å²) in [5, 5.41) is 0. The Hall–Kier alpha value is -2.35. The maximum absolute atomic E-state index is 12.3. The number of cyclic esters (lactones) is 1. The van der Waals surface area contributed by atoms with Gasteiger partial charge in [-0.05, 0) is 90.4 Å². The first-order chi connectivity index (χ1) is 13.5. The minimum absolute atomic E-state index is 0.260. The van der Waals surface area contributed by atoms with Gasteiger partial charge in [-0.1, -0.05) is 13.0 Å². The summed E-state index contributed by atoms with van der Waals surface area (Å²) in [6.07, 6.45) is 2.61. The molecule has 0 bridgehead atoms. The second-order valence-corrected chi connectivity index (χ2v) is 7.45. The van der Waals surface area contributed by atoms with Crippen LogP contribution in [0.5, 0.6) is 11.5 Å². The molecule has 5 nitrogen and oxygen atoms in total. The van der Waals surface area contributed by atoms with E-state index >= 15 is 0 Å². The first kappa shape index (κ1) is 20.4. The Morgan fingerprint density at radius 1 is 1.11 bits per heavy atom. The molecule has 0 spiro atoms. The van der Waals surface area contributed by atoms with Gasteiger partial charge in [0.2, 0.25) is 5.90 Å². The van der Waals surface area contributed by atoms with Gasteiger partial charge in [-0.15, -0.1) is 0 Å². The van der Waals surface area contributed by atoms with Crippen LogP contribution >= 0.6 is 22.6 Å². The van der Waals surface area contributed by atoms with Gasteiger partial charge in [0.25, 0.3) is 0 Å². The van der Waals surface area contributed by atoms with Gasteiger partial charge in [0, 0.05) is 9.13 Å². The Morgan fingerprint density at radius 3 is 2.64 bits per heavy atom. The fraction of sp³-hybridized carbons (Fsp3) is 0.273. The lowest BCUT2D eigenvalue weighted by Crippen LogP contribution is -2.05. The van der Waals surface area contributed by atoms with Gasteiger partial charge in [0.1, 0.15) is 0 Å². The van der Waals surface area contributed by atoms with Gasteiger partial charge >= 0.3 is 5.97 Å². The summed E-state index contributed by atoms with van der Waals surface area (Å²) in [7, 11) is 0. The minimum atomic E-state index is -0.463. The summed E-state index contributed by atoms with van der Waals surface area (Å²) in [5.74, 6) is 1.20. The van der Waals surface area contributed by atoms with E-state index in [0.717, 1.165) is 26.7 Å². The number of aryl methyl sites for hydroxylation is 1. The van der Waals surface area contributed by atoms with Crippen molar-refractivity contribution in [1.29, 1.82) is 0 Å². The highest BCUT2D eigenvalue weighted by molar-refractivity contribution is 14.1. The average Bonchev–Trinajstić information content (AvgIpc) is 3.04. The third-order valence-electron chi connectivity index (χ3n) is 4.06. The molecule has 1 heterocycles. The second-order valence-electron chi connectivity index (χ2n) is 6.29. The number of carbonyl (C=O) groups excluding carboxylic acids is 1. The topological polar surface area (TPSA) is 57.1 Å². The summed E-state index contributed by atoms with van der Waals surface area (Å²) in [4.78, 5) is 16.7. The molecule has 0 atom stereocenters. The maximum Gasteiger partial charge on any atom is 0.363 e. The van der Waals surface area contributed by atoms with E-state index in [2.05, 4.69) is 34.5 Å². The Kier molecular flexibility index (Phi) is 6.72. The van der Waals surface area contributed by atoms with Crippen LogP contribution in [0.15, 0.2) is 47.1 Å². The number of halogens is 1. The third-order valence-corrected chi connectivity index (χ3v) is 5.27. The third kappa shape index (κ3) is 4.73. The summed E-state index contributed by atoms with van der Waals surface area (Å²) in [6, 6.07) is 11.4. The monoisotopic (exact) mass is 491 g/mol. The highest BCUT2D eigenvalue weighted by Gasteiger charge is 2.24. The molecule has 1 aliphatic heterocycles. The van der Waals surface area contributed by atoms with Crippen molar-refractivity contribution in [2.75, 3.05) is 13.2 Å². The molecule has 6 heteroatoms. The normalized spacial score (nSPS) is 14.8. The van der Waals surface area contributed by atoms with Crippen LogP contribution in [0, 0.1) is 10.5 Å². The van der Waals surface area contributed by atoms with Crippen LogP contribution in [-0.2, 0) is 9.53 Å². The number of hydrogen-bond donors (Lipinski definition) is 0. The van der Waals surface area contributed by atoms with Crippen molar-refractivity contribution >= 4 is 40.5 Å². The highest BCUT2D eigenvalue weighted by Crippen LogP contribution is 2.30. The lowest BCUT2D eigenvalue weighted by Gasteiger charge is -2.12. The van der Waals surface area contributed by atoms with E-state index in [4.69, 9.17) is 14.2 Å². The molecule has 0 N–H and O–H groups in total. The second kappa shape index (κ2) is 9.23. The van der Waals surface area contributed by atoms with Crippen molar-refractivity contribution in [3.05, 3.63) is 62.4 Å². The van der Waals surface area contributed by atoms with E-state index in [1.54, 1.807) is 6.08 Å². The Morgan fingerprint density at radius 2 is 1.93 bits per heavy atom. The molecule has 2 aromatic carbocycles. The molecule has 3 rings (SSSR count). The number of ether oxygens (including phenoxy) is 3. The minimum Gasteiger partial charge on any atom is -0.490 e. The maximum atomic E-state index is 12.3. The molecular formula is C22H22INO4. The molecule has 0 unspecified atom stereocenters. The fourth-order valence-electron chi connectivity index (χ4n) is 2.68. The zero-order valence-corrected chi connectivity index (χ0v) is 18.3. The molecule has 0 fully saturated rings. The van der Waals surface area contributed by atoms with Gasteiger partial charge in [0.05, 0.1) is 13.2 Å². The molecule has 1 aliphatic rings. The Balaban J connectivity index is 1.89. The molecule has 0 radical (unpaired) electrons. The van der Waals surface area contributed by atoms with Crippen molar-refractivity contribution in [3.63, 3.8) is 0 Å². The van der Waals surface area contributed by atoms with Crippen LogP contribution in [-0.4, -0.2) is 25.1 Å². The van der Waals surface area contributed by atoms with E-state index < -0.39 is 5.97 Å². The largest absolute Gasteiger partial charge is 0.490 e. The molecule has 28 heavy (non-hydrogen) atoms. The molecule has 0 aliphatic carbocycles. The summed E-state index contributed by atoms with van der Waals surface area (Å²) in [6.45, 7) is 7.13. The highest BCUT2D eigenvalue weighted by atomic mass is 127. The van der Waals surface area contributed by atoms with Crippen molar-refractivity contribution in [2.45, 2.75) is 27.2 Å². The first-order valence-electron chi connectivity index (χ1n) is 9.20. The van der Waals surface area contributed by atoms with Gasteiger partial charge < -0.3 is 14.2 Å². The molecule has 0 saturated heterocycles. The molecule has 146 valence electrons. The van der Waals surface area contributed by atoms with Gasteiger partial charge in [-0.2, -0.15) is 0 Å². The smallest absolute Gasteiger partial charge is 0.363 e. The lowest BCUT2D eigenvalue weighted by molar-refractivity contribution is -0.129. The number of benzene rings is 2.